The second-order valence-corrected chi connectivity index (χ2v) is 16.7. The van der Waals surface area contributed by atoms with Gasteiger partial charge in [0.15, 0.2) is 8.32 Å². The van der Waals surface area contributed by atoms with Crippen molar-refractivity contribution in [3.8, 4) is 0 Å². The number of hydrogen-bond donors (Lipinski definition) is 0. The highest BCUT2D eigenvalue weighted by Crippen LogP contribution is 2.22. The molecule has 0 saturated heterocycles. The van der Waals surface area contributed by atoms with E-state index in [0.29, 0.717) is 5.92 Å². The van der Waals surface area contributed by atoms with E-state index in [9.17, 15) is 4.79 Å². The molecule has 0 fully saturated rings. The summed E-state index contributed by atoms with van der Waals surface area (Å²) in [4.78, 5) is 10.3. The highest BCUT2D eigenvalue weighted by atomic mass is 28.4. The molecule has 0 spiro atoms. The van der Waals surface area contributed by atoms with E-state index in [1.807, 2.05) is 0 Å². The summed E-state index contributed by atoms with van der Waals surface area (Å²) in [6, 6.07) is 8.29. The largest absolute Gasteiger partial charge is 0.469 e. The van der Waals surface area contributed by atoms with Crippen molar-refractivity contribution < 1.29 is 14.0 Å². The molecule has 5 heteroatoms. The van der Waals surface area contributed by atoms with Gasteiger partial charge in [-0.3, -0.25) is 4.79 Å². The second-order valence-electron chi connectivity index (χ2n) is 7.72. The lowest BCUT2D eigenvalue weighted by Crippen LogP contribution is -2.36. The van der Waals surface area contributed by atoms with Gasteiger partial charge in [-0.2, -0.15) is 0 Å². The Morgan fingerprint density at radius 3 is 1.35 bits per heavy atom. The summed E-state index contributed by atoms with van der Waals surface area (Å²) < 4.78 is 10.5. The van der Waals surface area contributed by atoms with Gasteiger partial charge >= 0.3 is 5.97 Å². The minimum Gasteiger partial charge on any atom is -0.469 e. The number of rotatable bonds is 10. The van der Waals surface area contributed by atoms with Crippen LogP contribution in [0.1, 0.15) is 69.2 Å². The Bertz CT molecular complexity index is 286. The Kier molecular flexibility index (Phi) is 23.1. The van der Waals surface area contributed by atoms with Crippen LogP contribution in [0.25, 0.3) is 0 Å². The van der Waals surface area contributed by atoms with E-state index in [4.69, 9.17) is 4.43 Å². The zero-order chi connectivity index (χ0) is 21.2. The molecule has 26 heavy (non-hydrogen) atoms. The molecule has 0 heterocycles. The van der Waals surface area contributed by atoms with Crippen LogP contribution in [0.3, 0.4) is 0 Å². The molecule has 0 saturated carbocycles. The molecule has 0 aliphatic rings. The van der Waals surface area contributed by atoms with Crippen LogP contribution in [-0.4, -0.2) is 36.8 Å². The average molecular weight is 407 g/mol. The fourth-order valence-corrected chi connectivity index (χ4v) is 7.03. The molecule has 0 aromatic heterocycles. The maximum absolute atomic E-state index is 10.3. The standard InChI is InChI=1S/C10H24OSi.C6H16Si.C5H10O2/c1-6-12(7-2,8-3)11-9-10(4)5;1-4-7(5-2)6-3;1-4(2)5(6)7-3/h10H,6-9H2,1-5H3;7H,4-6H2,1-3H3;4H,1-3H3. The van der Waals surface area contributed by atoms with Crippen LogP contribution < -0.4 is 0 Å². The topological polar surface area (TPSA) is 35.5 Å². The molecule has 160 valence electrons. The molecule has 0 aromatic carbocycles. The van der Waals surface area contributed by atoms with E-state index >= 15 is 0 Å². The third kappa shape index (κ3) is 17.3. The van der Waals surface area contributed by atoms with Crippen molar-refractivity contribution in [1.29, 1.82) is 0 Å². The SMILES string of the molecule is CC[SiH](CC)CC.CC[Si](CC)(CC)OCC(C)C.COC(=O)C(C)C. The summed E-state index contributed by atoms with van der Waals surface area (Å²) in [5, 5.41) is 0. The Labute approximate surface area is 168 Å². The average Bonchev–Trinajstić information content (AvgIpc) is 2.65. The quantitative estimate of drug-likeness (QED) is 0.297. The summed E-state index contributed by atoms with van der Waals surface area (Å²) in [7, 11) is -0.0603. The minimum absolute atomic E-state index is 0.00463. The van der Waals surface area contributed by atoms with E-state index in [0.717, 1.165) is 6.61 Å². The summed E-state index contributed by atoms with van der Waals surface area (Å²) in [5.41, 5.74) is 0. The number of esters is 1. The maximum Gasteiger partial charge on any atom is 0.308 e. The zero-order valence-electron chi connectivity index (χ0n) is 19.9. The summed E-state index contributed by atoms with van der Waals surface area (Å²) in [6.45, 7) is 22.8. The van der Waals surface area contributed by atoms with Crippen molar-refractivity contribution in [3.63, 3.8) is 0 Å². The second kappa shape index (κ2) is 19.6. The van der Waals surface area contributed by atoms with Crippen LogP contribution in [0.15, 0.2) is 0 Å². The summed E-state index contributed by atoms with van der Waals surface area (Å²) in [5.74, 6) is 0.534. The Balaban J connectivity index is -0.000000326. The van der Waals surface area contributed by atoms with Crippen molar-refractivity contribution in [1.82, 2.24) is 0 Å². The van der Waals surface area contributed by atoms with Crippen LogP contribution in [-0.2, 0) is 14.0 Å². The normalized spacial score (nSPS) is 11.0. The first-order valence-electron chi connectivity index (χ1n) is 10.8. The smallest absolute Gasteiger partial charge is 0.308 e. The van der Waals surface area contributed by atoms with E-state index in [2.05, 4.69) is 60.1 Å². The third-order valence-corrected chi connectivity index (χ3v) is 13.2. The van der Waals surface area contributed by atoms with Crippen molar-refractivity contribution in [3.05, 3.63) is 0 Å². The van der Waals surface area contributed by atoms with Crippen LogP contribution in [0.5, 0.6) is 0 Å². The first-order chi connectivity index (χ1) is 12.1. The Morgan fingerprint density at radius 1 is 0.846 bits per heavy atom. The predicted molar refractivity (Wildman–Crippen MR) is 123 cm³/mol. The van der Waals surface area contributed by atoms with Gasteiger partial charge in [0.1, 0.15) is 0 Å². The highest BCUT2D eigenvalue weighted by Gasteiger charge is 2.28. The van der Waals surface area contributed by atoms with Crippen LogP contribution in [0, 0.1) is 11.8 Å². The van der Waals surface area contributed by atoms with Gasteiger partial charge in [-0.15, -0.1) is 0 Å². The van der Waals surface area contributed by atoms with Crippen molar-refractivity contribution in [2.45, 2.75) is 106 Å². The molecular weight excluding hydrogens is 356 g/mol. The van der Waals surface area contributed by atoms with Gasteiger partial charge in [0.05, 0.1) is 13.0 Å². The predicted octanol–water partition coefficient (Wildman–Crippen LogP) is 6.75. The molecule has 0 aliphatic heterocycles. The van der Waals surface area contributed by atoms with E-state index in [1.54, 1.807) is 13.8 Å². The minimum atomic E-state index is -1.28. The van der Waals surface area contributed by atoms with Gasteiger partial charge in [0.2, 0.25) is 0 Å². The number of carbonyl (C=O) groups is 1. The highest BCUT2D eigenvalue weighted by molar-refractivity contribution is 6.73. The Morgan fingerprint density at radius 2 is 1.23 bits per heavy atom. The lowest BCUT2D eigenvalue weighted by Gasteiger charge is -2.28. The first kappa shape index (κ1) is 30.6. The van der Waals surface area contributed by atoms with Gasteiger partial charge in [-0.1, -0.05) is 87.4 Å². The monoisotopic (exact) mass is 406 g/mol. The van der Waals surface area contributed by atoms with Crippen LogP contribution >= 0.6 is 0 Å². The number of carbonyl (C=O) groups excluding carboxylic acids is 1. The number of methoxy groups -OCH3 is 1. The fourth-order valence-electron chi connectivity index (χ4n) is 2.50. The van der Waals surface area contributed by atoms with Gasteiger partial charge < -0.3 is 9.16 Å². The molecule has 0 aromatic rings. The molecule has 0 radical (unpaired) electrons. The van der Waals surface area contributed by atoms with Crippen molar-refractivity contribution in [2.24, 2.45) is 11.8 Å². The van der Waals surface area contributed by atoms with Gasteiger partial charge in [-0.25, -0.2) is 0 Å². The maximum atomic E-state index is 10.3. The van der Waals surface area contributed by atoms with E-state index in [-0.39, 0.29) is 20.7 Å². The molecule has 0 N–H and O–H groups in total. The van der Waals surface area contributed by atoms with E-state index in [1.165, 1.54) is 43.4 Å². The fraction of sp³-hybridized carbons (Fsp3) is 0.952. The zero-order valence-corrected chi connectivity index (χ0v) is 22.1. The van der Waals surface area contributed by atoms with Gasteiger partial charge in [0, 0.05) is 15.4 Å². The molecule has 3 nitrogen and oxygen atoms in total. The molecule has 0 rings (SSSR count). The van der Waals surface area contributed by atoms with Crippen molar-refractivity contribution >= 4 is 23.1 Å². The summed E-state index contributed by atoms with van der Waals surface area (Å²) in [6.07, 6.45) is 0. The van der Waals surface area contributed by atoms with Gasteiger partial charge in [0.25, 0.3) is 0 Å². The number of hydrogen-bond acceptors (Lipinski definition) is 3. The lowest BCUT2D eigenvalue weighted by atomic mass is 10.2. The summed E-state index contributed by atoms with van der Waals surface area (Å²) >= 11 is 0. The van der Waals surface area contributed by atoms with Crippen LogP contribution in [0.4, 0.5) is 0 Å². The molecular formula is C21H50O3Si2. The lowest BCUT2D eigenvalue weighted by molar-refractivity contribution is -0.144. The molecule has 0 aliphatic carbocycles. The van der Waals surface area contributed by atoms with E-state index < -0.39 is 8.32 Å². The first-order valence-corrected chi connectivity index (χ1v) is 15.8. The van der Waals surface area contributed by atoms with Crippen molar-refractivity contribution in [2.75, 3.05) is 13.7 Å². The Hall–Kier alpha value is -0.136. The molecule has 0 amide bonds. The number of ether oxygens (including phenoxy) is 1. The van der Waals surface area contributed by atoms with Crippen LogP contribution in [0.2, 0.25) is 36.3 Å². The third-order valence-electron chi connectivity index (χ3n) is 5.06. The van der Waals surface area contributed by atoms with Gasteiger partial charge in [-0.05, 0) is 24.1 Å². The molecule has 0 atom stereocenters. The molecule has 0 bridgehead atoms. The molecule has 0 unspecified atom stereocenters.